The van der Waals surface area contributed by atoms with Gasteiger partial charge in [0, 0.05) is 31.3 Å². The number of ether oxygens (including phenoxy) is 2. The minimum absolute atomic E-state index is 0. The molecule has 5 aliphatic carbocycles. The summed E-state index contributed by atoms with van der Waals surface area (Å²) in [7, 11) is 0. The molecule has 0 aromatic carbocycles. The number of Topliss-reactive ketones (excluding diaryl/α,β-unsaturated/α-hetero) is 1. The summed E-state index contributed by atoms with van der Waals surface area (Å²) in [5.41, 5.74) is 0.769. The predicted molar refractivity (Wildman–Crippen MR) is 231 cm³/mol. The third-order valence-electron chi connectivity index (χ3n) is 18.5. The van der Waals surface area contributed by atoms with Crippen molar-refractivity contribution in [3.05, 3.63) is 12.2 Å². The van der Waals surface area contributed by atoms with E-state index in [0.29, 0.717) is 61.4 Å². The summed E-state index contributed by atoms with van der Waals surface area (Å²) in [6, 6.07) is 0.135. The summed E-state index contributed by atoms with van der Waals surface area (Å²) >= 11 is 0. The minimum Gasteiger partial charge on any atom is -0.462 e. The summed E-state index contributed by atoms with van der Waals surface area (Å²) in [5.74, 6) is 2.81. The molecule has 2 unspecified atom stereocenters. The van der Waals surface area contributed by atoms with Crippen molar-refractivity contribution in [3.8, 4) is 0 Å². The molecule has 5 saturated carbocycles. The van der Waals surface area contributed by atoms with Gasteiger partial charge in [-0.3, -0.25) is 9.59 Å². The van der Waals surface area contributed by atoms with Crippen molar-refractivity contribution in [1.82, 2.24) is 9.80 Å². The second-order valence-electron chi connectivity index (χ2n) is 24.0. The van der Waals surface area contributed by atoms with Crippen molar-refractivity contribution in [1.29, 1.82) is 0 Å². The average molecular weight is 807 g/mol. The Morgan fingerprint density at radius 1 is 0.741 bits per heavy atom. The van der Waals surface area contributed by atoms with Crippen LogP contribution in [0.1, 0.15) is 180 Å². The van der Waals surface area contributed by atoms with Gasteiger partial charge in [0.15, 0.2) is 0 Å². The van der Waals surface area contributed by atoms with Crippen molar-refractivity contribution in [2.24, 2.45) is 62.1 Å². The second-order valence-corrected chi connectivity index (χ2v) is 24.0. The number of nitrogens with zero attached hydrogens (tertiary/aromatic N) is 2. The van der Waals surface area contributed by atoms with Gasteiger partial charge in [0.2, 0.25) is 5.91 Å². The summed E-state index contributed by atoms with van der Waals surface area (Å²) in [6.07, 6.45) is 13.1. The van der Waals surface area contributed by atoms with Crippen LogP contribution in [0.2, 0.25) is 0 Å². The zero-order valence-electron chi connectivity index (χ0n) is 38.0. The Balaban J connectivity index is 0.00000567. The van der Waals surface area contributed by atoms with E-state index in [9.17, 15) is 19.2 Å². The van der Waals surface area contributed by atoms with E-state index >= 15 is 0 Å². The van der Waals surface area contributed by atoms with Gasteiger partial charge in [0.05, 0.1) is 18.5 Å². The molecule has 328 valence electrons. The number of esters is 1. The van der Waals surface area contributed by atoms with Crippen molar-refractivity contribution in [2.45, 2.75) is 204 Å². The third kappa shape index (κ3) is 7.30. The van der Waals surface area contributed by atoms with Gasteiger partial charge in [-0.1, -0.05) is 68.0 Å². The number of likely N-dealkylation sites (tertiary alicyclic amines) is 2. The highest BCUT2D eigenvalue weighted by atomic mass is 16.6. The molecule has 0 spiro atoms. The maximum Gasteiger partial charge on any atom is 0.410 e. The Morgan fingerprint density at radius 2 is 1.40 bits per heavy atom. The van der Waals surface area contributed by atoms with Crippen LogP contribution in [0.25, 0.3) is 0 Å². The van der Waals surface area contributed by atoms with Gasteiger partial charge in [0.1, 0.15) is 17.5 Å². The van der Waals surface area contributed by atoms with Crippen LogP contribution in [0, 0.1) is 62.1 Å². The number of hydrogen-bond acceptors (Lipinski definition) is 6. The largest absolute Gasteiger partial charge is 0.462 e. The molecule has 8 heteroatoms. The lowest BCUT2D eigenvalue weighted by atomic mass is 9.32. The molecule has 8 nitrogen and oxygen atoms in total. The molecule has 0 aromatic heterocycles. The first-order chi connectivity index (χ1) is 26.3. The smallest absolute Gasteiger partial charge is 0.410 e. The van der Waals surface area contributed by atoms with Crippen LogP contribution in [0.4, 0.5) is 4.79 Å². The van der Waals surface area contributed by atoms with E-state index in [1.165, 1.54) is 31.3 Å². The van der Waals surface area contributed by atoms with Gasteiger partial charge < -0.3 is 24.1 Å². The molecule has 12 atom stereocenters. The molecule has 58 heavy (non-hydrogen) atoms. The Bertz CT molecular complexity index is 1660. The average Bonchev–Trinajstić information content (AvgIpc) is 3.78. The number of hydrogen-bond donors (Lipinski definition) is 0. The normalized spacial score (nSPS) is 41.3. The fourth-order valence-corrected chi connectivity index (χ4v) is 16.0. The summed E-state index contributed by atoms with van der Waals surface area (Å²) in [4.78, 5) is 56.8. The SMILES string of the molecule is C.C=C(C)[C@@H]1CC[C@]2(CC(=O)N3CC4CC3CN4C(=O)OC(C)(C)C)CC[C@]3(C)[C@H](CC[C@@H]4[C@@]5(C)CC[C@H](OC(=O)CC(C)(C)CC(C)=O)C(C)(C)[C@@H]5CC[C@]43C)[C@@H]12. The van der Waals surface area contributed by atoms with Crippen LogP contribution < -0.4 is 0 Å². The maximum absolute atomic E-state index is 14.5. The zero-order chi connectivity index (χ0) is 41.9. The van der Waals surface area contributed by atoms with Gasteiger partial charge >= 0.3 is 12.1 Å². The first kappa shape index (κ1) is 45.2. The Morgan fingerprint density at radius 3 is 2.00 bits per heavy atom. The van der Waals surface area contributed by atoms with E-state index in [1.54, 1.807) is 6.92 Å². The quantitative estimate of drug-likeness (QED) is 0.179. The van der Waals surface area contributed by atoms with Gasteiger partial charge in [-0.2, -0.15) is 0 Å². The van der Waals surface area contributed by atoms with Gasteiger partial charge in [-0.05, 0) is 162 Å². The second kappa shape index (κ2) is 14.9. The fourth-order valence-electron chi connectivity index (χ4n) is 16.0. The number of piperazine rings is 1. The van der Waals surface area contributed by atoms with Crippen molar-refractivity contribution < 1.29 is 28.7 Å². The molecule has 2 amide bonds. The third-order valence-corrected chi connectivity index (χ3v) is 18.5. The molecule has 2 aliphatic heterocycles. The summed E-state index contributed by atoms with van der Waals surface area (Å²) in [6.45, 7) is 32.0. The number of ketones is 1. The number of amides is 2. The van der Waals surface area contributed by atoms with Gasteiger partial charge in [-0.25, -0.2) is 4.79 Å². The lowest BCUT2D eigenvalue weighted by molar-refractivity contribution is -0.250. The van der Waals surface area contributed by atoms with Gasteiger partial charge in [-0.15, -0.1) is 0 Å². The topological polar surface area (TPSA) is 93.2 Å². The molecule has 7 aliphatic rings. The number of allylic oxidation sites excluding steroid dienone is 1. The monoisotopic (exact) mass is 807 g/mol. The molecule has 0 N–H and O–H groups in total. The lowest BCUT2D eigenvalue weighted by Gasteiger charge is -2.73. The maximum atomic E-state index is 14.5. The highest BCUT2D eigenvalue weighted by Crippen LogP contribution is 2.78. The van der Waals surface area contributed by atoms with Crippen LogP contribution in [-0.4, -0.2) is 70.4 Å². The van der Waals surface area contributed by atoms with Crippen LogP contribution in [-0.2, 0) is 23.9 Å². The van der Waals surface area contributed by atoms with Crippen LogP contribution in [0.3, 0.4) is 0 Å². The molecule has 0 radical (unpaired) electrons. The number of rotatable bonds is 8. The minimum atomic E-state index is -0.531. The fraction of sp³-hybridized carbons (Fsp3) is 0.880. The molecular formula is C50H82N2O6. The molecule has 0 aromatic rings. The van der Waals surface area contributed by atoms with E-state index in [4.69, 9.17) is 9.47 Å². The first-order valence-electron chi connectivity index (χ1n) is 22.9. The predicted octanol–water partition coefficient (Wildman–Crippen LogP) is 11.2. The summed E-state index contributed by atoms with van der Waals surface area (Å²) < 4.78 is 12.1. The van der Waals surface area contributed by atoms with E-state index in [-0.39, 0.29) is 77.0 Å². The molecule has 7 rings (SSSR count). The van der Waals surface area contributed by atoms with E-state index in [2.05, 4.69) is 53.0 Å². The van der Waals surface area contributed by atoms with Crippen LogP contribution >= 0.6 is 0 Å². The Kier molecular flexibility index (Phi) is 11.6. The van der Waals surface area contributed by atoms with E-state index in [0.717, 1.165) is 44.9 Å². The van der Waals surface area contributed by atoms with Crippen LogP contribution in [0.15, 0.2) is 12.2 Å². The van der Waals surface area contributed by atoms with Crippen LogP contribution in [0.5, 0.6) is 0 Å². The van der Waals surface area contributed by atoms with Crippen molar-refractivity contribution >= 4 is 23.8 Å². The Labute approximate surface area is 352 Å². The standard InChI is InChI=1S/C49H78N2O6.CH4/c1-30(2)34-16-21-49(26-39(53)50-28-33-24-32(50)29-51(33)42(55)57-43(4,5)6)23-22-47(12)35(41(34)49)14-15-37-46(11)19-18-38(45(9,10)36(46)17-20-48(37,47)13)56-40(54)27-44(7,8)25-31(3)52;/h32-38,41H,1,14-29H2,2-13H3;1H4/t32?,33?,34-,35+,36-,37+,38-,41+,46-,47+,48+,49+;/m0./s1. The molecule has 7 fully saturated rings. The number of carbonyl (C=O) groups excluding carboxylic acids is 4. The highest BCUT2D eigenvalue weighted by molar-refractivity contribution is 5.79. The van der Waals surface area contributed by atoms with Crippen molar-refractivity contribution in [2.75, 3.05) is 13.1 Å². The summed E-state index contributed by atoms with van der Waals surface area (Å²) in [5, 5.41) is 0. The molecular weight excluding hydrogens is 725 g/mol. The lowest BCUT2D eigenvalue weighted by Crippen LogP contribution is -2.67. The van der Waals surface area contributed by atoms with E-state index < -0.39 is 11.0 Å². The number of carbonyl (C=O) groups is 4. The highest BCUT2D eigenvalue weighted by Gasteiger charge is 2.71. The Hall–Kier alpha value is -2.38. The zero-order valence-corrected chi connectivity index (χ0v) is 38.0. The molecule has 2 saturated heterocycles. The molecule has 2 heterocycles. The van der Waals surface area contributed by atoms with Gasteiger partial charge in [0.25, 0.3) is 0 Å². The number of fused-ring (bicyclic) bond motifs is 9. The first-order valence-corrected chi connectivity index (χ1v) is 22.9. The molecule has 2 bridgehead atoms. The van der Waals surface area contributed by atoms with Crippen molar-refractivity contribution in [3.63, 3.8) is 0 Å². The van der Waals surface area contributed by atoms with E-state index in [1.807, 2.05) is 39.5 Å².